The predicted molar refractivity (Wildman–Crippen MR) is 86.7 cm³/mol. The van der Waals surface area contributed by atoms with Gasteiger partial charge in [0, 0.05) is 6.54 Å². The van der Waals surface area contributed by atoms with Crippen molar-refractivity contribution < 1.29 is 14.6 Å². The summed E-state index contributed by atoms with van der Waals surface area (Å²) in [5, 5.41) is 10.5. The van der Waals surface area contributed by atoms with E-state index in [9.17, 15) is 9.90 Å². The van der Waals surface area contributed by atoms with Gasteiger partial charge in [-0.1, -0.05) is 30.3 Å². The molecule has 1 aromatic carbocycles. The van der Waals surface area contributed by atoms with Gasteiger partial charge in [-0.15, -0.1) is 0 Å². The molecular weight excluding hydrogens is 278 g/mol. The number of hydrogen-bond donors (Lipinski definition) is 1. The summed E-state index contributed by atoms with van der Waals surface area (Å²) >= 11 is 0. The molecule has 1 amide bonds. The van der Waals surface area contributed by atoms with E-state index < -0.39 is 11.7 Å². The Hall–Kier alpha value is -1.55. The molecule has 0 aromatic heterocycles. The average molecular weight is 305 g/mol. The van der Waals surface area contributed by atoms with Gasteiger partial charge < -0.3 is 14.7 Å². The summed E-state index contributed by atoms with van der Waals surface area (Å²) in [6.45, 7) is 6.24. The third kappa shape index (κ3) is 4.73. The van der Waals surface area contributed by atoms with Crippen molar-refractivity contribution in [2.24, 2.45) is 0 Å². The summed E-state index contributed by atoms with van der Waals surface area (Å²) in [5.74, 6) is 0. The van der Waals surface area contributed by atoms with E-state index in [4.69, 9.17) is 4.74 Å². The number of rotatable bonds is 2. The Balaban J connectivity index is 2.17. The Bertz CT molecular complexity index is 481. The summed E-state index contributed by atoms with van der Waals surface area (Å²) in [5.41, 5.74) is 0.605. The lowest BCUT2D eigenvalue weighted by atomic mass is 9.98. The Morgan fingerprint density at radius 3 is 2.59 bits per heavy atom. The zero-order chi connectivity index (χ0) is 16.2. The number of aliphatic hydroxyl groups excluding tert-OH is 1. The van der Waals surface area contributed by atoms with E-state index in [0.717, 1.165) is 24.8 Å². The number of aliphatic hydroxyl groups is 1. The fourth-order valence-corrected chi connectivity index (χ4v) is 2.85. The molecule has 1 N–H and O–H groups in total. The van der Waals surface area contributed by atoms with Crippen LogP contribution in [0.3, 0.4) is 0 Å². The Morgan fingerprint density at radius 1 is 1.27 bits per heavy atom. The number of benzene rings is 1. The van der Waals surface area contributed by atoms with E-state index in [1.807, 2.05) is 51.1 Å². The molecule has 0 unspecified atom stereocenters. The zero-order valence-corrected chi connectivity index (χ0v) is 13.8. The highest BCUT2D eigenvalue weighted by Gasteiger charge is 2.34. The topological polar surface area (TPSA) is 49.8 Å². The first kappa shape index (κ1) is 16.8. The van der Waals surface area contributed by atoms with E-state index in [1.54, 1.807) is 4.90 Å². The molecule has 22 heavy (non-hydrogen) atoms. The maximum atomic E-state index is 12.5. The quantitative estimate of drug-likeness (QED) is 0.911. The minimum Gasteiger partial charge on any atom is -0.444 e. The molecule has 0 radical (unpaired) electrons. The lowest BCUT2D eigenvalue weighted by Crippen LogP contribution is -2.49. The van der Waals surface area contributed by atoms with Gasteiger partial charge in [-0.2, -0.15) is 0 Å². The van der Waals surface area contributed by atoms with Gasteiger partial charge >= 0.3 is 6.09 Å². The van der Waals surface area contributed by atoms with E-state index in [0.29, 0.717) is 13.0 Å². The average Bonchev–Trinajstić information content (AvgIpc) is 2.61. The first-order valence-electron chi connectivity index (χ1n) is 8.08. The largest absolute Gasteiger partial charge is 0.444 e. The van der Waals surface area contributed by atoms with Gasteiger partial charge in [-0.25, -0.2) is 4.79 Å². The van der Waals surface area contributed by atoms with E-state index in [1.165, 1.54) is 0 Å². The Kier molecular flexibility index (Phi) is 5.46. The fraction of sp³-hybridized carbons (Fsp3) is 0.611. The van der Waals surface area contributed by atoms with Gasteiger partial charge in [0.2, 0.25) is 0 Å². The van der Waals surface area contributed by atoms with Gasteiger partial charge in [0.15, 0.2) is 0 Å². The van der Waals surface area contributed by atoms with Gasteiger partial charge in [0.25, 0.3) is 0 Å². The number of amides is 1. The first-order valence-corrected chi connectivity index (χ1v) is 8.08. The van der Waals surface area contributed by atoms with Gasteiger partial charge in [0.05, 0.1) is 12.1 Å². The highest BCUT2D eigenvalue weighted by atomic mass is 16.6. The van der Waals surface area contributed by atoms with Crippen LogP contribution in [0.4, 0.5) is 4.79 Å². The molecule has 1 heterocycles. The molecule has 1 saturated heterocycles. The van der Waals surface area contributed by atoms with Crippen LogP contribution in [0.2, 0.25) is 0 Å². The van der Waals surface area contributed by atoms with Crippen LogP contribution >= 0.6 is 0 Å². The minimum absolute atomic E-state index is 0.222. The standard InChI is InChI=1S/C18H27NO3/c1-18(2,3)22-17(21)19-12-8-7-11-16(20)15(19)13-14-9-5-4-6-10-14/h4-6,9-10,15-16,20H,7-8,11-13H2,1-3H3/t15-,16+/m0/s1. The van der Waals surface area contributed by atoms with Crippen molar-refractivity contribution in [3.63, 3.8) is 0 Å². The summed E-state index contributed by atoms with van der Waals surface area (Å²) in [6.07, 6.45) is 2.40. The minimum atomic E-state index is -0.522. The molecule has 1 fully saturated rings. The fourth-order valence-electron chi connectivity index (χ4n) is 2.85. The molecule has 1 aliphatic heterocycles. The maximum absolute atomic E-state index is 12.5. The van der Waals surface area contributed by atoms with Crippen LogP contribution in [-0.4, -0.2) is 40.4 Å². The smallest absolute Gasteiger partial charge is 0.410 e. The van der Waals surface area contributed by atoms with Crippen molar-refractivity contribution >= 4 is 6.09 Å². The van der Waals surface area contributed by atoms with Crippen molar-refractivity contribution in [3.8, 4) is 0 Å². The summed E-state index contributed by atoms with van der Waals surface area (Å²) in [7, 11) is 0. The molecule has 4 nitrogen and oxygen atoms in total. The molecule has 0 spiro atoms. The molecule has 0 bridgehead atoms. The number of nitrogens with zero attached hydrogens (tertiary/aromatic N) is 1. The van der Waals surface area contributed by atoms with Crippen LogP contribution in [0.5, 0.6) is 0 Å². The zero-order valence-electron chi connectivity index (χ0n) is 13.8. The Morgan fingerprint density at radius 2 is 1.95 bits per heavy atom. The van der Waals surface area contributed by atoms with E-state index in [2.05, 4.69) is 0 Å². The number of carbonyl (C=O) groups excluding carboxylic acids is 1. The molecule has 2 atom stereocenters. The van der Waals surface area contributed by atoms with Crippen LogP contribution in [0.25, 0.3) is 0 Å². The summed E-state index contributed by atoms with van der Waals surface area (Å²) in [6, 6.07) is 9.78. The van der Waals surface area contributed by atoms with Crippen LogP contribution in [0, 0.1) is 0 Å². The molecule has 1 aromatic rings. The van der Waals surface area contributed by atoms with Gasteiger partial charge in [-0.3, -0.25) is 0 Å². The monoisotopic (exact) mass is 305 g/mol. The number of hydrogen-bond acceptors (Lipinski definition) is 3. The highest BCUT2D eigenvalue weighted by molar-refractivity contribution is 5.68. The lowest BCUT2D eigenvalue weighted by molar-refractivity contribution is -0.00175. The molecule has 122 valence electrons. The predicted octanol–water partition coefficient (Wildman–Crippen LogP) is 3.38. The second kappa shape index (κ2) is 7.14. The molecule has 0 aliphatic carbocycles. The van der Waals surface area contributed by atoms with Crippen LogP contribution < -0.4 is 0 Å². The molecule has 2 rings (SSSR count). The summed E-state index contributed by atoms with van der Waals surface area (Å²) in [4.78, 5) is 14.2. The van der Waals surface area contributed by atoms with Crippen LogP contribution in [-0.2, 0) is 11.2 Å². The second-order valence-corrected chi connectivity index (χ2v) is 6.99. The normalized spacial score (nSPS) is 23.0. The maximum Gasteiger partial charge on any atom is 0.410 e. The number of ether oxygens (including phenoxy) is 1. The molecule has 0 saturated carbocycles. The third-order valence-corrected chi connectivity index (χ3v) is 3.91. The third-order valence-electron chi connectivity index (χ3n) is 3.91. The van der Waals surface area contributed by atoms with Crippen molar-refractivity contribution in [1.82, 2.24) is 4.90 Å². The van der Waals surface area contributed by atoms with Crippen molar-refractivity contribution in [3.05, 3.63) is 35.9 Å². The number of likely N-dealkylation sites (tertiary alicyclic amines) is 1. The van der Waals surface area contributed by atoms with Crippen molar-refractivity contribution in [2.75, 3.05) is 6.54 Å². The van der Waals surface area contributed by atoms with Gasteiger partial charge in [0.1, 0.15) is 5.60 Å². The summed E-state index contributed by atoms with van der Waals surface area (Å²) < 4.78 is 5.52. The highest BCUT2D eigenvalue weighted by Crippen LogP contribution is 2.23. The molecule has 4 heteroatoms. The van der Waals surface area contributed by atoms with E-state index >= 15 is 0 Å². The lowest BCUT2D eigenvalue weighted by Gasteiger charge is -2.34. The SMILES string of the molecule is CC(C)(C)OC(=O)N1CCCC[C@@H](O)[C@@H]1Cc1ccccc1. The Labute approximate surface area is 133 Å². The van der Waals surface area contributed by atoms with Crippen LogP contribution in [0.1, 0.15) is 45.6 Å². The van der Waals surface area contributed by atoms with Crippen molar-refractivity contribution in [2.45, 2.75) is 64.2 Å². The number of carbonyl (C=O) groups is 1. The van der Waals surface area contributed by atoms with Crippen LogP contribution in [0.15, 0.2) is 30.3 Å². The van der Waals surface area contributed by atoms with Gasteiger partial charge in [-0.05, 0) is 52.0 Å². The van der Waals surface area contributed by atoms with E-state index in [-0.39, 0.29) is 12.1 Å². The van der Waals surface area contributed by atoms with Crippen molar-refractivity contribution in [1.29, 1.82) is 0 Å². The first-order chi connectivity index (χ1) is 10.4. The molecule has 1 aliphatic rings. The second-order valence-electron chi connectivity index (χ2n) is 6.99. The molecular formula is C18H27NO3.